The van der Waals surface area contributed by atoms with E-state index >= 15 is 0 Å². The number of hydrogen-bond acceptors (Lipinski definition) is 2. The van der Waals surface area contributed by atoms with E-state index in [1.54, 1.807) is 19.2 Å². The molecule has 0 saturated carbocycles. The molecular formula is C19H22O2. The Labute approximate surface area is 126 Å². The van der Waals surface area contributed by atoms with Gasteiger partial charge >= 0.3 is 0 Å². The van der Waals surface area contributed by atoms with Gasteiger partial charge in [-0.2, -0.15) is 0 Å². The number of phenols is 1. The Morgan fingerprint density at radius 3 is 2.00 bits per heavy atom. The quantitative estimate of drug-likeness (QED) is 0.775. The molecule has 0 fully saturated rings. The van der Waals surface area contributed by atoms with Gasteiger partial charge < -0.3 is 9.84 Å². The summed E-state index contributed by atoms with van der Waals surface area (Å²) in [6, 6.07) is 15.6. The van der Waals surface area contributed by atoms with Gasteiger partial charge in [0.15, 0.2) is 0 Å². The van der Waals surface area contributed by atoms with E-state index in [-0.39, 0.29) is 5.92 Å². The van der Waals surface area contributed by atoms with E-state index in [1.165, 1.54) is 11.1 Å². The minimum Gasteiger partial charge on any atom is -0.508 e. The van der Waals surface area contributed by atoms with Crippen LogP contribution < -0.4 is 4.74 Å². The van der Waals surface area contributed by atoms with Crippen LogP contribution in [0, 0.1) is 5.92 Å². The molecule has 0 spiro atoms. The average Bonchev–Trinajstić information content (AvgIpc) is 2.54. The molecule has 21 heavy (non-hydrogen) atoms. The maximum Gasteiger partial charge on any atom is 0.118 e. The van der Waals surface area contributed by atoms with Crippen molar-refractivity contribution in [3.05, 3.63) is 72.3 Å². The molecule has 2 heteroatoms. The molecule has 0 radical (unpaired) electrons. The van der Waals surface area contributed by atoms with E-state index in [9.17, 15) is 5.11 Å². The molecule has 2 nitrogen and oxygen atoms in total. The Hall–Kier alpha value is -2.22. The number of rotatable bonds is 6. The van der Waals surface area contributed by atoms with E-state index in [4.69, 9.17) is 4.74 Å². The van der Waals surface area contributed by atoms with Crippen LogP contribution in [0.5, 0.6) is 11.5 Å². The molecular weight excluding hydrogens is 260 g/mol. The molecule has 2 aromatic rings. The summed E-state index contributed by atoms with van der Waals surface area (Å²) in [5, 5.41) is 9.49. The van der Waals surface area contributed by atoms with Crippen LogP contribution in [0.1, 0.15) is 30.4 Å². The molecule has 0 saturated heterocycles. The summed E-state index contributed by atoms with van der Waals surface area (Å²) in [7, 11) is 1.67. The third-order valence-corrected chi connectivity index (χ3v) is 3.93. The van der Waals surface area contributed by atoms with Crippen molar-refractivity contribution < 1.29 is 9.84 Å². The Morgan fingerprint density at radius 2 is 1.57 bits per heavy atom. The molecule has 0 aliphatic heterocycles. The first kappa shape index (κ1) is 15.2. The van der Waals surface area contributed by atoms with Crippen molar-refractivity contribution in [2.24, 2.45) is 5.92 Å². The maximum absolute atomic E-state index is 9.49. The summed E-state index contributed by atoms with van der Waals surface area (Å²) in [5.41, 5.74) is 2.41. The third kappa shape index (κ3) is 3.46. The van der Waals surface area contributed by atoms with Crippen LogP contribution in [-0.4, -0.2) is 12.2 Å². The van der Waals surface area contributed by atoms with Gasteiger partial charge in [0.2, 0.25) is 0 Å². The highest BCUT2D eigenvalue weighted by atomic mass is 16.5. The molecule has 1 N–H and O–H groups in total. The minimum absolute atomic E-state index is 0.235. The highest BCUT2D eigenvalue weighted by Crippen LogP contribution is 2.36. The summed E-state index contributed by atoms with van der Waals surface area (Å²) >= 11 is 0. The minimum atomic E-state index is 0.235. The van der Waals surface area contributed by atoms with Gasteiger partial charge in [-0.15, -0.1) is 6.58 Å². The average molecular weight is 282 g/mol. The Bertz CT molecular complexity index is 570. The number of aromatic hydroxyl groups is 1. The van der Waals surface area contributed by atoms with Gasteiger partial charge in [0.1, 0.15) is 11.5 Å². The standard InChI is InChI=1S/C19H22O2/c1-4-14(5-2)19(15-6-10-17(20)11-7-15)16-8-12-18(21-3)13-9-16/h4,6-14,19-20H,1,5H2,2-3H3. The molecule has 2 rings (SSSR count). The van der Waals surface area contributed by atoms with Gasteiger partial charge in [-0.25, -0.2) is 0 Å². The molecule has 2 aromatic carbocycles. The van der Waals surface area contributed by atoms with Gasteiger partial charge in [-0.3, -0.25) is 0 Å². The smallest absolute Gasteiger partial charge is 0.118 e. The predicted molar refractivity (Wildman–Crippen MR) is 86.9 cm³/mol. The Kier molecular flexibility index (Phi) is 5.04. The van der Waals surface area contributed by atoms with Gasteiger partial charge in [0.25, 0.3) is 0 Å². The van der Waals surface area contributed by atoms with Crippen LogP contribution in [0.4, 0.5) is 0 Å². The maximum atomic E-state index is 9.49. The van der Waals surface area contributed by atoms with Crippen molar-refractivity contribution >= 4 is 0 Å². The lowest BCUT2D eigenvalue weighted by Crippen LogP contribution is -2.11. The summed E-state index contributed by atoms with van der Waals surface area (Å²) in [4.78, 5) is 0. The Balaban J connectivity index is 2.43. The zero-order valence-corrected chi connectivity index (χ0v) is 12.6. The van der Waals surface area contributed by atoms with Gasteiger partial charge in [-0.05, 0) is 47.7 Å². The predicted octanol–water partition coefficient (Wildman–Crippen LogP) is 4.74. The topological polar surface area (TPSA) is 29.5 Å². The van der Waals surface area contributed by atoms with Gasteiger partial charge in [0.05, 0.1) is 7.11 Å². The first-order chi connectivity index (χ1) is 10.2. The van der Waals surface area contributed by atoms with Crippen LogP contribution >= 0.6 is 0 Å². The largest absolute Gasteiger partial charge is 0.508 e. The van der Waals surface area contributed by atoms with Crippen molar-refractivity contribution in [3.8, 4) is 11.5 Å². The van der Waals surface area contributed by atoms with E-state index in [0.29, 0.717) is 11.7 Å². The van der Waals surface area contributed by atoms with Gasteiger partial charge in [0, 0.05) is 5.92 Å². The lowest BCUT2D eigenvalue weighted by atomic mass is 9.79. The fraction of sp³-hybridized carbons (Fsp3) is 0.263. The molecule has 0 aromatic heterocycles. The van der Waals surface area contributed by atoms with Gasteiger partial charge in [-0.1, -0.05) is 37.3 Å². The van der Waals surface area contributed by atoms with Crippen molar-refractivity contribution in [1.82, 2.24) is 0 Å². The lowest BCUT2D eigenvalue weighted by molar-refractivity contribution is 0.414. The molecule has 2 atom stereocenters. The summed E-state index contributed by atoms with van der Waals surface area (Å²) in [6.07, 6.45) is 3.03. The van der Waals surface area contributed by atoms with Crippen LogP contribution in [0.15, 0.2) is 61.2 Å². The number of hydrogen-bond donors (Lipinski definition) is 1. The van der Waals surface area contributed by atoms with E-state index in [0.717, 1.165) is 12.2 Å². The third-order valence-electron chi connectivity index (χ3n) is 3.93. The molecule has 0 bridgehead atoms. The molecule has 0 aliphatic carbocycles. The van der Waals surface area contributed by atoms with Crippen molar-refractivity contribution in [2.75, 3.05) is 7.11 Å². The van der Waals surface area contributed by atoms with Crippen molar-refractivity contribution in [3.63, 3.8) is 0 Å². The first-order valence-electron chi connectivity index (χ1n) is 7.25. The summed E-state index contributed by atoms with van der Waals surface area (Å²) in [6.45, 7) is 6.15. The van der Waals surface area contributed by atoms with Crippen LogP contribution in [-0.2, 0) is 0 Å². The fourth-order valence-electron chi connectivity index (χ4n) is 2.72. The number of phenolic OH excluding ortho intramolecular Hbond substituents is 1. The first-order valence-corrected chi connectivity index (χ1v) is 7.25. The molecule has 110 valence electrons. The Morgan fingerprint density at radius 1 is 1.05 bits per heavy atom. The zero-order valence-electron chi connectivity index (χ0n) is 12.6. The zero-order chi connectivity index (χ0) is 15.2. The van der Waals surface area contributed by atoms with E-state index < -0.39 is 0 Å². The summed E-state index contributed by atoms with van der Waals surface area (Å²) < 4.78 is 5.23. The SMILES string of the molecule is C=CC(CC)C(c1ccc(O)cc1)c1ccc(OC)cc1. The second-order valence-electron chi connectivity index (χ2n) is 5.15. The van der Waals surface area contributed by atoms with Crippen molar-refractivity contribution in [2.45, 2.75) is 19.3 Å². The number of methoxy groups -OCH3 is 1. The second kappa shape index (κ2) is 6.98. The molecule has 0 aliphatic rings. The summed E-state index contributed by atoms with van der Waals surface area (Å²) in [5.74, 6) is 1.73. The highest BCUT2D eigenvalue weighted by molar-refractivity contribution is 5.39. The van der Waals surface area contributed by atoms with E-state index in [2.05, 4.69) is 25.6 Å². The van der Waals surface area contributed by atoms with Crippen LogP contribution in [0.3, 0.4) is 0 Å². The van der Waals surface area contributed by atoms with E-state index in [1.807, 2.05) is 30.3 Å². The number of benzene rings is 2. The fourth-order valence-corrected chi connectivity index (χ4v) is 2.72. The van der Waals surface area contributed by atoms with Crippen LogP contribution in [0.2, 0.25) is 0 Å². The normalized spacial score (nSPS) is 13.4. The number of allylic oxidation sites excluding steroid dienone is 1. The monoisotopic (exact) mass is 282 g/mol. The lowest BCUT2D eigenvalue weighted by Gasteiger charge is -2.25. The number of ether oxygens (including phenoxy) is 1. The van der Waals surface area contributed by atoms with Crippen molar-refractivity contribution in [1.29, 1.82) is 0 Å². The molecule has 0 amide bonds. The molecule has 2 unspecified atom stereocenters. The van der Waals surface area contributed by atoms with Crippen LogP contribution in [0.25, 0.3) is 0 Å². The second-order valence-corrected chi connectivity index (χ2v) is 5.15. The molecule has 0 heterocycles. The highest BCUT2D eigenvalue weighted by Gasteiger charge is 2.21.